The SMILES string of the molecule is C[C@@H]1COCCN1c1cc(N=S2(=O)CC3(CCCCC3)C2)c2cnn(-c3ccn[nH]3)c2n1. The van der Waals surface area contributed by atoms with Gasteiger partial charge in [-0.15, -0.1) is 0 Å². The maximum atomic E-state index is 13.7. The first kappa shape index (κ1) is 20.2. The Kier molecular flexibility index (Phi) is 4.76. The van der Waals surface area contributed by atoms with Crippen LogP contribution in [0, 0.1) is 5.41 Å². The van der Waals surface area contributed by atoms with E-state index < -0.39 is 9.73 Å². The zero-order valence-electron chi connectivity index (χ0n) is 18.4. The number of aromatic nitrogens is 5. The molecule has 1 spiro atoms. The molecule has 0 amide bonds. The van der Waals surface area contributed by atoms with Gasteiger partial charge in [-0.1, -0.05) is 19.3 Å². The van der Waals surface area contributed by atoms with Crippen molar-refractivity contribution in [2.24, 2.45) is 9.78 Å². The van der Waals surface area contributed by atoms with E-state index in [1.54, 1.807) is 17.1 Å². The number of morpholine rings is 1. The molecule has 10 heteroatoms. The first-order valence-corrected chi connectivity index (χ1v) is 13.4. The van der Waals surface area contributed by atoms with E-state index in [0.29, 0.717) is 18.9 Å². The van der Waals surface area contributed by atoms with E-state index in [0.717, 1.165) is 40.8 Å². The third-order valence-electron chi connectivity index (χ3n) is 7.12. The summed E-state index contributed by atoms with van der Waals surface area (Å²) < 4.78 is 25.9. The van der Waals surface area contributed by atoms with Crippen molar-refractivity contribution < 1.29 is 8.95 Å². The quantitative estimate of drug-likeness (QED) is 0.649. The molecule has 0 bridgehead atoms. The van der Waals surface area contributed by atoms with Gasteiger partial charge in [-0.05, 0) is 25.2 Å². The third kappa shape index (κ3) is 3.40. The van der Waals surface area contributed by atoms with Crippen LogP contribution in [0.2, 0.25) is 0 Å². The molecule has 3 aromatic rings. The molecular formula is C22H29N7O2S. The summed E-state index contributed by atoms with van der Waals surface area (Å²) in [4.78, 5) is 7.19. The van der Waals surface area contributed by atoms with Crippen LogP contribution < -0.4 is 4.90 Å². The van der Waals surface area contributed by atoms with Gasteiger partial charge in [-0.2, -0.15) is 19.2 Å². The van der Waals surface area contributed by atoms with Gasteiger partial charge >= 0.3 is 0 Å². The minimum Gasteiger partial charge on any atom is -0.377 e. The number of nitrogens with zero attached hydrogens (tertiary/aromatic N) is 6. The summed E-state index contributed by atoms with van der Waals surface area (Å²) in [7, 11) is -2.25. The molecule has 1 atom stereocenters. The molecule has 3 aliphatic rings. The van der Waals surface area contributed by atoms with Crippen molar-refractivity contribution in [2.45, 2.75) is 45.1 Å². The highest BCUT2D eigenvalue weighted by atomic mass is 32.2. The number of nitrogens with one attached hydrogen (secondary N) is 1. The molecule has 9 nitrogen and oxygen atoms in total. The first-order valence-electron chi connectivity index (χ1n) is 11.5. The van der Waals surface area contributed by atoms with Gasteiger partial charge in [0.05, 0.1) is 52.5 Å². The predicted octanol–water partition coefficient (Wildman–Crippen LogP) is 3.43. The molecule has 3 fully saturated rings. The van der Waals surface area contributed by atoms with Gasteiger partial charge in [0, 0.05) is 30.2 Å². The molecular weight excluding hydrogens is 426 g/mol. The second-order valence-corrected chi connectivity index (χ2v) is 11.9. The number of anilines is 1. The molecule has 6 rings (SSSR count). The summed E-state index contributed by atoms with van der Waals surface area (Å²) in [5.74, 6) is 3.01. The number of aromatic amines is 1. The van der Waals surface area contributed by atoms with Crippen molar-refractivity contribution in [3.05, 3.63) is 24.5 Å². The summed E-state index contributed by atoms with van der Waals surface area (Å²) in [6.07, 6.45) is 9.66. The highest BCUT2D eigenvalue weighted by Gasteiger charge is 2.47. The topological polar surface area (TPSA) is 101 Å². The number of hydrogen-bond donors (Lipinski definition) is 1. The van der Waals surface area contributed by atoms with Crippen LogP contribution in [-0.4, -0.2) is 66.5 Å². The van der Waals surface area contributed by atoms with Crippen LogP contribution in [0.1, 0.15) is 39.0 Å². The van der Waals surface area contributed by atoms with Crippen molar-refractivity contribution in [2.75, 3.05) is 36.2 Å². The van der Waals surface area contributed by atoms with Crippen LogP contribution in [0.3, 0.4) is 0 Å². The highest BCUT2D eigenvalue weighted by Crippen LogP contribution is 2.47. The molecule has 1 aliphatic carbocycles. The minimum absolute atomic E-state index is 0.202. The molecule has 5 heterocycles. The van der Waals surface area contributed by atoms with Gasteiger partial charge in [0.1, 0.15) is 5.82 Å². The largest absolute Gasteiger partial charge is 0.377 e. The smallest absolute Gasteiger partial charge is 0.169 e. The van der Waals surface area contributed by atoms with Gasteiger partial charge in [0.15, 0.2) is 11.5 Å². The Morgan fingerprint density at radius 1 is 1.28 bits per heavy atom. The van der Waals surface area contributed by atoms with E-state index in [1.807, 2.05) is 12.1 Å². The lowest BCUT2D eigenvalue weighted by Crippen LogP contribution is -2.49. The van der Waals surface area contributed by atoms with Gasteiger partial charge < -0.3 is 9.64 Å². The normalized spacial score (nSPS) is 24.5. The van der Waals surface area contributed by atoms with E-state index in [-0.39, 0.29) is 11.5 Å². The van der Waals surface area contributed by atoms with Gasteiger partial charge in [0.25, 0.3) is 0 Å². The number of ether oxygens (including phenoxy) is 1. The van der Waals surface area contributed by atoms with Crippen LogP contribution in [-0.2, 0) is 14.5 Å². The lowest BCUT2D eigenvalue weighted by atomic mass is 9.76. The van der Waals surface area contributed by atoms with Crippen LogP contribution >= 0.6 is 0 Å². The summed E-state index contributed by atoms with van der Waals surface area (Å²) in [6, 6.07) is 4.04. The average molecular weight is 456 g/mol. The highest BCUT2D eigenvalue weighted by molar-refractivity contribution is 7.95. The number of fused-ring (bicyclic) bond motifs is 1. The lowest BCUT2D eigenvalue weighted by Gasteiger charge is -2.46. The molecule has 2 saturated heterocycles. The molecule has 0 radical (unpaired) electrons. The standard InChI is InChI=1S/C22H29N7O2S/c1-16-13-31-10-9-28(16)20-11-18(27-32(30)14-22(15-32)6-3-2-4-7-22)17-12-24-29(21(17)25-20)19-5-8-23-26-19/h5,8,11-12,16H,2-4,6-7,9-10,13-15H2,1H3,(H,23,26)/t16-/m1/s1. The molecule has 1 saturated carbocycles. The van der Waals surface area contributed by atoms with Crippen LogP contribution in [0.25, 0.3) is 16.9 Å². The Labute approximate surface area is 187 Å². The Hall–Kier alpha value is -2.46. The maximum Gasteiger partial charge on any atom is 0.169 e. The van der Waals surface area contributed by atoms with E-state index in [1.165, 1.54) is 32.1 Å². The van der Waals surface area contributed by atoms with Crippen molar-refractivity contribution >= 4 is 32.3 Å². The van der Waals surface area contributed by atoms with E-state index in [4.69, 9.17) is 14.1 Å². The zero-order chi connectivity index (χ0) is 21.8. The first-order chi connectivity index (χ1) is 15.5. The summed E-state index contributed by atoms with van der Waals surface area (Å²) in [5, 5.41) is 12.4. The average Bonchev–Trinajstić information content (AvgIpc) is 3.43. The zero-order valence-corrected chi connectivity index (χ0v) is 19.2. The summed E-state index contributed by atoms with van der Waals surface area (Å²) in [6.45, 7) is 4.21. The summed E-state index contributed by atoms with van der Waals surface area (Å²) >= 11 is 0. The molecule has 3 aromatic heterocycles. The van der Waals surface area contributed by atoms with Crippen molar-refractivity contribution in [1.29, 1.82) is 0 Å². The minimum atomic E-state index is -2.25. The van der Waals surface area contributed by atoms with E-state index in [2.05, 4.69) is 27.1 Å². The number of H-pyrrole nitrogens is 1. The molecule has 0 aromatic carbocycles. The summed E-state index contributed by atoms with van der Waals surface area (Å²) in [5.41, 5.74) is 1.68. The number of rotatable bonds is 3. The fourth-order valence-electron chi connectivity index (χ4n) is 5.55. The monoisotopic (exact) mass is 455 g/mol. The molecule has 2 aliphatic heterocycles. The fraction of sp³-hybridized carbons (Fsp3) is 0.591. The number of pyridine rings is 1. The van der Waals surface area contributed by atoms with E-state index >= 15 is 0 Å². The molecule has 1 N–H and O–H groups in total. The Balaban J connectivity index is 1.46. The molecule has 170 valence electrons. The van der Waals surface area contributed by atoms with Crippen LogP contribution in [0.15, 0.2) is 28.9 Å². The van der Waals surface area contributed by atoms with Crippen LogP contribution in [0.4, 0.5) is 11.5 Å². The Morgan fingerprint density at radius 2 is 2.12 bits per heavy atom. The third-order valence-corrected chi connectivity index (χ3v) is 9.78. The maximum absolute atomic E-state index is 13.7. The van der Waals surface area contributed by atoms with Gasteiger partial charge in [-0.25, -0.2) is 9.19 Å². The lowest BCUT2D eigenvalue weighted by molar-refractivity contribution is 0.0985. The van der Waals surface area contributed by atoms with Gasteiger partial charge in [0.2, 0.25) is 0 Å². The molecule has 32 heavy (non-hydrogen) atoms. The predicted molar refractivity (Wildman–Crippen MR) is 124 cm³/mol. The molecule has 0 unspecified atom stereocenters. The second kappa shape index (κ2) is 7.55. The second-order valence-electron chi connectivity index (χ2n) is 9.57. The van der Waals surface area contributed by atoms with Crippen molar-refractivity contribution in [1.82, 2.24) is 25.0 Å². The Morgan fingerprint density at radius 3 is 2.88 bits per heavy atom. The Bertz CT molecular complexity index is 1240. The van der Waals surface area contributed by atoms with E-state index in [9.17, 15) is 4.21 Å². The van der Waals surface area contributed by atoms with Crippen molar-refractivity contribution in [3.8, 4) is 5.82 Å². The van der Waals surface area contributed by atoms with Crippen molar-refractivity contribution in [3.63, 3.8) is 0 Å². The van der Waals surface area contributed by atoms with Gasteiger partial charge in [-0.3, -0.25) is 5.10 Å². The fourth-order valence-corrected chi connectivity index (χ4v) is 8.60. The van der Waals surface area contributed by atoms with Crippen LogP contribution in [0.5, 0.6) is 0 Å². The number of hydrogen-bond acceptors (Lipinski definition) is 7.